The topological polar surface area (TPSA) is 58.4 Å². The van der Waals surface area contributed by atoms with Crippen LogP contribution in [0.4, 0.5) is 0 Å². The van der Waals surface area contributed by atoms with Gasteiger partial charge in [-0.2, -0.15) is 0 Å². The number of nitrogens with zero attached hydrogens (tertiary/aromatic N) is 1. The van der Waals surface area contributed by atoms with Gasteiger partial charge in [-0.25, -0.2) is 5.84 Å². The van der Waals surface area contributed by atoms with E-state index < -0.39 is 0 Å². The summed E-state index contributed by atoms with van der Waals surface area (Å²) in [6, 6.07) is 8.27. The highest BCUT2D eigenvalue weighted by Gasteiger charge is 2.21. The van der Waals surface area contributed by atoms with Crippen molar-refractivity contribution in [2.75, 3.05) is 13.1 Å². The van der Waals surface area contributed by atoms with E-state index in [1.165, 1.54) is 37.9 Å². The molecule has 1 saturated heterocycles. The molecule has 0 bridgehead atoms. The van der Waals surface area contributed by atoms with Gasteiger partial charge < -0.3 is 0 Å². The molecule has 0 spiro atoms. The molecule has 0 aromatic heterocycles. The number of hydrazine groups is 1. The fraction of sp³-hybridized carbons (Fsp3) is 0.562. The van der Waals surface area contributed by atoms with Crippen molar-refractivity contribution in [3.63, 3.8) is 0 Å². The number of rotatable bonds is 6. The van der Waals surface area contributed by atoms with Crippen LogP contribution in [0.2, 0.25) is 0 Å². The molecule has 4 nitrogen and oxygen atoms in total. The van der Waals surface area contributed by atoms with E-state index in [0.717, 1.165) is 18.0 Å². The number of benzene rings is 1. The predicted molar refractivity (Wildman–Crippen MR) is 80.8 cm³/mol. The lowest BCUT2D eigenvalue weighted by Crippen LogP contribution is -2.31. The maximum Gasteiger partial charge on any atom is 0.238 e. The highest BCUT2D eigenvalue weighted by molar-refractivity contribution is 5.77. The van der Waals surface area contributed by atoms with Crippen molar-refractivity contribution in [3.8, 4) is 0 Å². The summed E-state index contributed by atoms with van der Waals surface area (Å²) >= 11 is 0. The summed E-state index contributed by atoms with van der Waals surface area (Å²) in [4.78, 5) is 13.7. The van der Waals surface area contributed by atoms with Crippen LogP contribution in [0, 0.1) is 5.92 Å². The zero-order valence-electron chi connectivity index (χ0n) is 12.3. The van der Waals surface area contributed by atoms with Gasteiger partial charge in [-0.05, 0) is 36.4 Å². The van der Waals surface area contributed by atoms with Crippen LogP contribution < -0.4 is 11.3 Å². The number of likely N-dealkylation sites (tertiary alicyclic amines) is 1. The highest BCUT2D eigenvalue weighted by Crippen LogP contribution is 2.22. The quantitative estimate of drug-likeness (QED) is 0.473. The standard InChI is InChI=1S/C16H25N3O/c1-2-3-14-8-9-19(11-14)12-15-6-4-13(5-7-15)10-16(20)18-17/h4-7,14H,2-3,8-12,17H2,1H3,(H,18,20). The molecule has 2 rings (SSSR count). The normalized spacial score (nSPS) is 19.2. The van der Waals surface area contributed by atoms with E-state index in [1.54, 1.807) is 0 Å². The van der Waals surface area contributed by atoms with Crippen LogP contribution in [0.3, 0.4) is 0 Å². The lowest BCUT2D eigenvalue weighted by Gasteiger charge is -2.16. The number of nitrogens with two attached hydrogens (primary N) is 1. The monoisotopic (exact) mass is 275 g/mol. The van der Waals surface area contributed by atoms with Crippen molar-refractivity contribution in [2.24, 2.45) is 11.8 Å². The Morgan fingerprint density at radius 3 is 2.70 bits per heavy atom. The van der Waals surface area contributed by atoms with Gasteiger partial charge >= 0.3 is 0 Å². The third-order valence-corrected chi connectivity index (χ3v) is 4.02. The van der Waals surface area contributed by atoms with Crippen molar-refractivity contribution in [1.82, 2.24) is 10.3 Å². The molecule has 1 aromatic rings. The van der Waals surface area contributed by atoms with Gasteiger partial charge in [0, 0.05) is 13.1 Å². The summed E-state index contributed by atoms with van der Waals surface area (Å²) in [7, 11) is 0. The van der Waals surface area contributed by atoms with E-state index in [2.05, 4.69) is 29.4 Å². The Morgan fingerprint density at radius 1 is 1.35 bits per heavy atom. The highest BCUT2D eigenvalue weighted by atomic mass is 16.2. The summed E-state index contributed by atoms with van der Waals surface area (Å²) in [5.74, 6) is 5.82. The number of hydrogen-bond donors (Lipinski definition) is 2. The Labute approximate surface area is 121 Å². The first-order valence-corrected chi connectivity index (χ1v) is 7.51. The molecule has 20 heavy (non-hydrogen) atoms. The van der Waals surface area contributed by atoms with Gasteiger partial charge in [0.2, 0.25) is 5.91 Å². The summed E-state index contributed by atoms with van der Waals surface area (Å²) < 4.78 is 0. The Balaban J connectivity index is 1.83. The fourth-order valence-corrected chi connectivity index (χ4v) is 2.96. The maximum atomic E-state index is 11.2. The average molecular weight is 275 g/mol. The van der Waals surface area contributed by atoms with Gasteiger partial charge in [-0.3, -0.25) is 15.1 Å². The van der Waals surface area contributed by atoms with Crippen LogP contribution in [0.25, 0.3) is 0 Å². The van der Waals surface area contributed by atoms with Gasteiger partial charge in [0.05, 0.1) is 6.42 Å². The van der Waals surface area contributed by atoms with E-state index in [-0.39, 0.29) is 5.91 Å². The molecular formula is C16H25N3O. The predicted octanol–water partition coefficient (Wildman–Crippen LogP) is 1.84. The SMILES string of the molecule is CCCC1CCN(Cc2ccc(CC(=O)NN)cc2)C1. The van der Waals surface area contributed by atoms with Crippen LogP contribution in [-0.2, 0) is 17.8 Å². The van der Waals surface area contributed by atoms with Gasteiger partial charge in [0.1, 0.15) is 0 Å². The first-order valence-electron chi connectivity index (χ1n) is 7.51. The number of nitrogens with one attached hydrogen (secondary N) is 1. The van der Waals surface area contributed by atoms with Crippen molar-refractivity contribution in [3.05, 3.63) is 35.4 Å². The van der Waals surface area contributed by atoms with E-state index in [0.29, 0.717) is 6.42 Å². The summed E-state index contributed by atoms with van der Waals surface area (Å²) in [6.07, 6.45) is 4.32. The van der Waals surface area contributed by atoms with E-state index in [4.69, 9.17) is 5.84 Å². The van der Waals surface area contributed by atoms with Crippen molar-refractivity contribution in [2.45, 2.75) is 39.2 Å². The van der Waals surface area contributed by atoms with Gasteiger partial charge in [0.15, 0.2) is 0 Å². The maximum absolute atomic E-state index is 11.2. The molecule has 1 aliphatic rings. The number of amides is 1. The molecule has 110 valence electrons. The van der Waals surface area contributed by atoms with Crippen molar-refractivity contribution in [1.29, 1.82) is 0 Å². The average Bonchev–Trinajstić information content (AvgIpc) is 2.88. The Hall–Kier alpha value is -1.39. The Morgan fingerprint density at radius 2 is 2.05 bits per heavy atom. The second kappa shape index (κ2) is 7.41. The molecule has 1 aliphatic heterocycles. The van der Waals surface area contributed by atoms with E-state index in [1.807, 2.05) is 12.1 Å². The zero-order valence-corrected chi connectivity index (χ0v) is 12.3. The molecule has 0 saturated carbocycles. The molecule has 1 amide bonds. The van der Waals surface area contributed by atoms with Crippen LogP contribution in [0.5, 0.6) is 0 Å². The molecule has 1 aromatic carbocycles. The third kappa shape index (κ3) is 4.32. The van der Waals surface area contributed by atoms with Crippen LogP contribution in [0.15, 0.2) is 24.3 Å². The van der Waals surface area contributed by atoms with E-state index >= 15 is 0 Å². The molecular weight excluding hydrogens is 250 g/mol. The minimum absolute atomic E-state index is 0.153. The summed E-state index contributed by atoms with van der Waals surface area (Å²) in [6.45, 7) is 5.72. The fourth-order valence-electron chi connectivity index (χ4n) is 2.96. The molecule has 1 fully saturated rings. The minimum atomic E-state index is -0.153. The van der Waals surface area contributed by atoms with Gasteiger partial charge in [-0.1, -0.05) is 37.6 Å². The number of carbonyl (C=O) groups is 1. The molecule has 1 atom stereocenters. The molecule has 0 aliphatic carbocycles. The largest absolute Gasteiger partial charge is 0.299 e. The van der Waals surface area contributed by atoms with Crippen molar-refractivity contribution < 1.29 is 4.79 Å². The van der Waals surface area contributed by atoms with Crippen LogP contribution in [0.1, 0.15) is 37.3 Å². The van der Waals surface area contributed by atoms with Crippen molar-refractivity contribution >= 4 is 5.91 Å². The first kappa shape index (κ1) is 15.0. The molecule has 4 heteroatoms. The smallest absolute Gasteiger partial charge is 0.238 e. The minimum Gasteiger partial charge on any atom is -0.299 e. The molecule has 1 unspecified atom stereocenters. The Kier molecular flexibility index (Phi) is 5.56. The first-order chi connectivity index (χ1) is 9.71. The second-order valence-corrected chi connectivity index (χ2v) is 5.74. The number of hydrogen-bond acceptors (Lipinski definition) is 3. The van der Waals surface area contributed by atoms with Crippen LogP contribution >= 0.6 is 0 Å². The Bertz CT molecular complexity index is 430. The van der Waals surface area contributed by atoms with Crippen LogP contribution in [-0.4, -0.2) is 23.9 Å². The summed E-state index contributed by atoms with van der Waals surface area (Å²) in [5, 5.41) is 0. The zero-order chi connectivity index (χ0) is 14.4. The third-order valence-electron chi connectivity index (χ3n) is 4.02. The molecule has 0 radical (unpaired) electrons. The van der Waals surface area contributed by atoms with Gasteiger partial charge in [0.25, 0.3) is 0 Å². The lowest BCUT2D eigenvalue weighted by molar-refractivity contribution is -0.120. The summed E-state index contributed by atoms with van der Waals surface area (Å²) in [5.41, 5.74) is 4.48. The molecule has 1 heterocycles. The number of carbonyl (C=O) groups excluding carboxylic acids is 1. The lowest BCUT2D eigenvalue weighted by atomic mass is 10.0. The second-order valence-electron chi connectivity index (χ2n) is 5.74. The molecule has 3 N–H and O–H groups in total. The van der Waals surface area contributed by atoms with E-state index in [9.17, 15) is 4.79 Å². The van der Waals surface area contributed by atoms with Gasteiger partial charge in [-0.15, -0.1) is 0 Å².